The number of hydrogen-bond donors (Lipinski definition) is 1. The van der Waals surface area contributed by atoms with E-state index in [0.717, 1.165) is 5.56 Å². The Kier molecular flexibility index (Phi) is 3.54. The Bertz CT molecular complexity index is 589. The Balaban J connectivity index is 2.37. The number of halogens is 2. The third-order valence-corrected chi connectivity index (χ3v) is 2.92. The third-order valence-electron chi connectivity index (χ3n) is 2.08. The Hall–Kier alpha value is -1.26. The molecule has 0 atom stereocenters. The van der Waals surface area contributed by atoms with E-state index in [9.17, 15) is 4.79 Å². The number of rotatable bonds is 2. The van der Waals surface area contributed by atoms with E-state index >= 15 is 0 Å². The lowest BCUT2D eigenvalue weighted by molar-refractivity contribution is 0.477. The number of aromatic nitrogens is 1. The third kappa shape index (κ3) is 3.11. The van der Waals surface area contributed by atoms with Gasteiger partial charge in [-0.15, -0.1) is 0 Å². The molecule has 0 amide bonds. The fraction of sp³-hybridized carbons (Fsp3) is 0.0833. The number of hydrogen-bond acceptors (Lipinski definition) is 2. The molecule has 0 saturated heterocycles. The fourth-order valence-electron chi connectivity index (χ4n) is 1.40. The van der Waals surface area contributed by atoms with Crippen molar-refractivity contribution in [2.24, 2.45) is 0 Å². The van der Waals surface area contributed by atoms with Crippen molar-refractivity contribution in [3.63, 3.8) is 0 Å². The number of ether oxygens (including phenoxy) is 1. The molecule has 0 aliphatic rings. The minimum atomic E-state index is -0.220. The van der Waals surface area contributed by atoms with Gasteiger partial charge in [0.05, 0.1) is 4.47 Å². The van der Waals surface area contributed by atoms with Gasteiger partial charge in [-0.2, -0.15) is 0 Å². The lowest BCUT2D eigenvalue weighted by Crippen LogP contribution is -2.03. The second-order valence-corrected chi connectivity index (χ2v) is 4.87. The molecule has 1 aromatic carbocycles. The van der Waals surface area contributed by atoms with E-state index < -0.39 is 0 Å². The van der Waals surface area contributed by atoms with Crippen LogP contribution in [0, 0.1) is 6.92 Å². The topological polar surface area (TPSA) is 42.1 Å². The van der Waals surface area contributed by atoms with Crippen LogP contribution in [0.15, 0.2) is 39.7 Å². The highest BCUT2D eigenvalue weighted by atomic mass is 79.9. The molecular weight excluding hydrogens is 305 g/mol. The predicted octanol–water partition coefficient (Wildman–Crippen LogP) is 3.89. The molecule has 1 aromatic heterocycles. The summed E-state index contributed by atoms with van der Waals surface area (Å²) in [4.78, 5) is 13.7. The van der Waals surface area contributed by atoms with E-state index in [0.29, 0.717) is 21.0 Å². The number of pyridine rings is 1. The molecule has 1 heterocycles. The van der Waals surface area contributed by atoms with Gasteiger partial charge in [-0.05, 0) is 46.6 Å². The predicted molar refractivity (Wildman–Crippen MR) is 71.0 cm³/mol. The van der Waals surface area contributed by atoms with Gasteiger partial charge in [0.2, 0.25) is 0 Å². The molecular formula is C12H9BrClNO2. The van der Waals surface area contributed by atoms with Gasteiger partial charge in [-0.1, -0.05) is 11.6 Å². The van der Waals surface area contributed by atoms with Crippen LogP contribution >= 0.6 is 27.5 Å². The second kappa shape index (κ2) is 4.94. The number of nitrogens with one attached hydrogen (secondary N) is 1. The van der Waals surface area contributed by atoms with Crippen LogP contribution in [0.2, 0.25) is 5.02 Å². The first-order chi connectivity index (χ1) is 8.04. The average Bonchev–Trinajstić information content (AvgIpc) is 2.22. The monoisotopic (exact) mass is 313 g/mol. The van der Waals surface area contributed by atoms with E-state index in [1.54, 1.807) is 6.07 Å². The molecule has 0 bridgehead atoms. The highest BCUT2D eigenvalue weighted by Gasteiger charge is 2.05. The van der Waals surface area contributed by atoms with Gasteiger partial charge in [0.15, 0.2) is 0 Å². The van der Waals surface area contributed by atoms with Crippen LogP contribution in [0.5, 0.6) is 11.5 Å². The summed E-state index contributed by atoms with van der Waals surface area (Å²) < 4.78 is 6.28. The fourth-order valence-corrected chi connectivity index (χ4v) is 1.99. The van der Waals surface area contributed by atoms with Gasteiger partial charge in [0, 0.05) is 17.3 Å². The minimum Gasteiger partial charge on any atom is -0.456 e. The molecule has 2 aromatic rings. The lowest BCUT2D eigenvalue weighted by atomic mass is 10.2. The minimum absolute atomic E-state index is 0.220. The summed E-state index contributed by atoms with van der Waals surface area (Å²) in [6, 6.07) is 6.75. The lowest BCUT2D eigenvalue weighted by Gasteiger charge is -2.08. The van der Waals surface area contributed by atoms with Crippen molar-refractivity contribution in [3.05, 3.63) is 55.9 Å². The summed E-state index contributed by atoms with van der Waals surface area (Å²) in [6.07, 6.45) is 1.54. The molecule has 0 saturated carbocycles. The quantitative estimate of drug-likeness (QED) is 0.913. The Morgan fingerprint density at radius 2 is 2.06 bits per heavy atom. The van der Waals surface area contributed by atoms with Crippen LogP contribution in [-0.4, -0.2) is 4.98 Å². The molecule has 0 fully saturated rings. The average molecular weight is 315 g/mol. The van der Waals surface area contributed by atoms with Gasteiger partial charge < -0.3 is 9.72 Å². The second-order valence-electron chi connectivity index (χ2n) is 3.58. The highest BCUT2D eigenvalue weighted by molar-refractivity contribution is 9.10. The van der Waals surface area contributed by atoms with E-state index in [1.165, 1.54) is 12.3 Å². The van der Waals surface area contributed by atoms with E-state index in [4.69, 9.17) is 16.3 Å². The molecule has 0 aliphatic heterocycles. The molecule has 0 spiro atoms. The number of aryl methyl sites for hydroxylation is 1. The summed E-state index contributed by atoms with van der Waals surface area (Å²) >= 11 is 9.22. The molecule has 17 heavy (non-hydrogen) atoms. The molecule has 5 heteroatoms. The van der Waals surface area contributed by atoms with Crippen LogP contribution in [-0.2, 0) is 0 Å². The molecule has 0 aliphatic carbocycles. The van der Waals surface area contributed by atoms with Crippen molar-refractivity contribution in [1.82, 2.24) is 4.98 Å². The maximum atomic E-state index is 11.2. The van der Waals surface area contributed by atoms with E-state index in [2.05, 4.69) is 20.9 Å². The van der Waals surface area contributed by atoms with Crippen molar-refractivity contribution >= 4 is 27.5 Å². The number of H-pyrrole nitrogens is 1. The van der Waals surface area contributed by atoms with Crippen LogP contribution in [0.1, 0.15) is 5.56 Å². The van der Waals surface area contributed by atoms with Gasteiger partial charge >= 0.3 is 0 Å². The first-order valence-electron chi connectivity index (χ1n) is 4.88. The van der Waals surface area contributed by atoms with Gasteiger partial charge in [-0.25, -0.2) is 0 Å². The maximum absolute atomic E-state index is 11.2. The summed E-state index contributed by atoms with van der Waals surface area (Å²) in [7, 11) is 0. The zero-order valence-corrected chi connectivity index (χ0v) is 11.3. The summed E-state index contributed by atoms with van der Waals surface area (Å²) in [5.74, 6) is 1.05. The first-order valence-corrected chi connectivity index (χ1v) is 6.05. The molecule has 1 N–H and O–H groups in total. The van der Waals surface area contributed by atoms with E-state index in [1.807, 2.05) is 19.1 Å². The zero-order chi connectivity index (χ0) is 12.4. The van der Waals surface area contributed by atoms with Crippen LogP contribution in [0.4, 0.5) is 0 Å². The van der Waals surface area contributed by atoms with E-state index in [-0.39, 0.29) is 5.56 Å². The molecule has 3 nitrogen and oxygen atoms in total. The van der Waals surface area contributed by atoms with Crippen molar-refractivity contribution in [2.45, 2.75) is 6.92 Å². The van der Waals surface area contributed by atoms with Crippen molar-refractivity contribution in [3.8, 4) is 11.5 Å². The normalized spacial score (nSPS) is 10.3. The standard InChI is InChI=1S/C12H9BrClNO2/c1-7-2-8(14)4-9(3-7)17-11-5-12(16)15-6-10(11)13/h2-6H,1H3,(H,15,16). The maximum Gasteiger partial charge on any atom is 0.251 e. The van der Waals surface area contributed by atoms with Crippen molar-refractivity contribution in [1.29, 1.82) is 0 Å². The van der Waals surface area contributed by atoms with Gasteiger partial charge in [0.1, 0.15) is 11.5 Å². The Morgan fingerprint density at radius 3 is 2.76 bits per heavy atom. The smallest absolute Gasteiger partial charge is 0.251 e. The molecule has 2 rings (SSSR count). The Labute approximate surface area is 112 Å². The summed E-state index contributed by atoms with van der Waals surface area (Å²) in [5, 5.41) is 0.598. The van der Waals surface area contributed by atoms with Crippen molar-refractivity contribution in [2.75, 3.05) is 0 Å². The van der Waals surface area contributed by atoms with Crippen molar-refractivity contribution < 1.29 is 4.74 Å². The van der Waals surface area contributed by atoms with Crippen LogP contribution in [0.3, 0.4) is 0 Å². The SMILES string of the molecule is Cc1cc(Cl)cc(Oc2cc(=O)[nH]cc2Br)c1. The first kappa shape index (κ1) is 12.2. The van der Waals surface area contributed by atoms with Gasteiger partial charge in [0.25, 0.3) is 5.56 Å². The zero-order valence-electron chi connectivity index (χ0n) is 8.96. The largest absolute Gasteiger partial charge is 0.456 e. The molecule has 0 unspecified atom stereocenters. The summed E-state index contributed by atoms with van der Waals surface area (Å²) in [5.41, 5.74) is 0.774. The number of aromatic amines is 1. The van der Waals surface area contributed by atoms with Crippen LogP contribution < -0.4 is 10.3 Å². The highest BCUT2D eigenvalue weighted by Crippen LogP contribution is 2.29. The molecule has 0 radical (unpaired) electrons. The molecule has 88 valence electrons. The van der Waals surface area contributed by atoms with Crippen LogP contribution in [0.25, 0.3) is 0 Å². The number of benzene rings is 1. The summed E-state index contributed by atoms with van der Waals surface area (Å²) in [6.45, 7) is 1.92. The van der Waals surface area contributed by atoms with Gasteiger partial charge in [-0.3, -0.25) is 4.79 Å². The Morgan fingerprint density at radius 1 is 1.29 bits per heavy atom.